The number of carboxylic acid groups (broad SMARTS) is 1. The molecular weight excluding hydrogens is 202 g/mol. The van der Waals surface area contributed by atoms with Crippen molar-refractivity contribution in [2.24, 2.45) is 0 Å². The Balaban J connectivity index is 3.22. The van der Waals surface area contributed by atoms with Crippen molar-refractivity contribution < 1.29 is 9.90 Å². The van der Waals surface area contributed by atoms with E-state index in [1.165, 1.54) is 6.07 Å². The van der Waals surface area contributed by atoms with Crippen molar-refractivity contribution >= 4 is 17.6 Å². The molecule has 0 saturated carbocycles. The second kappa shape index (κ2) is 4.44. The average molecular weight is 214 g/mol. The van der Waals surface area contributed by atoms with Crippen molar-refractivity contribution in [2.75, 3.05) is 7.05 Å². The number of hydrogen-bond acceptors (Lipinski definition) is 2. The normalized spacial score (nSPS) is 12.5. The lowest BCUT2D eigenvalue weighted by molar-refractivity contribution is 0.0695. The molecule has 0 saturated heterocycles. The van der Waals surface area contributed by atoms with Gasteiger partial charge < -0.3 is 10.4 Å². The third kappa shape index (κ3) is 2.25. The Morgan fingerprint density at radius 1 is 1.57 bits per heavy atom. The maximum absolute atomic E-state index is 10.9. The van der Waals surface area contributed by atoms with Gasteiger partial charge in [-0.3, -0.25) is 0 Å². The predicted molar refractivity (Wildman–Crippen MR) is 55.9 cm³/mol. The topological polar surface area (TPSA) is 49.3 Å². The lowest BCUT2D eigenvalue weighted by Gasteiger charge is -2.13. The van der Waals surface area contributed by atoms with Crippen molar-refractivity contribution in [3.05, 3.63) is 34.3 Å². The lowest BCUT2D eigenvalue weighted by atomic mass is 10.0. The summed E-state index contributed by atoms with van der Waals surface area (Å²) in [5, 5.41) is 12.5. The molecular formula is C10H12ClNO2. The van der Waals surface area contributed by atoms with E-state index in [0.717, 1.165) is 0 Å². The Morgan fingerprint density at radius 3 is 2.71 bits per heavy atom. The largest absolute Gasteiger partial charge is 0.478 e. The fourth-order valence-electron chi connectivity index (χ4n) is 1.24. The summed E-state index contributed by atoms with van der Waals surface area (Å²) in [5.74, 6) is -0.932. The highest BCUT2D eigenvalue weighted by atomic mass is 35.5. The molecule has 0 aliphatic carbocycles. The third-order valence-corrected chi connectivity index (χ3v) is 2.38. The van der Waals surface area contributed by atoms with Crippen LogP contribution < -0.4 is 5.32 Å². The molecule has 0 unspecified atom stereocenters. The van der Waals surface area contributed by atoms with Crippen molar-refractivity contribution in [2.45, 2.75) is 13.0 Å². The number of halogens is 1. The van der Waals surface area contributed by atoms with E-state index in [0.29, 0.717) is 10.6 Å². The molecule has 0 aliphatic heterocycles. The number of aromatic carboxylic acids is 1. The van der Waals surface area contributed by atoms with Gasteiger partial charge in [-0.15, -0.1) is 0 Å². The second-order valence-electron chi connectivity index (χ2n) is 3.05. The minimum atomic E-state index is -0.932. The summed E-state index contributed by atoms with van der Waals surface area (Å²) in [5.41, 5.74) is 0.990. The third-order valence-electron chi connectivity index (χ3n) is 2.14. The first-order valence-electron chi connectivity index (χ1n) is 4.26. The monoisotopic (exact) mass is 213 g/mol. The summed E-state index contributed by atoms with van der Waals surface area (Å²) in [4.78, 5) is 10.9. The van der Waals surface area contributed by atoms with Gasteiger partial charge in [0.05, 0.1) is 5.56 Å². The number of rotatable bonds is 3. The molecule has 3 nitrogen and oxygen atoms in total. The van der Waals surface area contributed by atoms with Crippen LogP contribution in [-0.4, -0.2) is 18.1 Å². The van der Waals surface area contributed by atoms with Crippen LogP contribution in [0.15, 0.2) is 18.2 Å². The highest BCUT2D eigenvalue weighted by Crippen LogP contribution is 2.22. The molecule has 1 aromatic rings. The minimum absolute atomic E-state index is 0.0280. The molecule has 0 amide bonds. The zero-order valence-corrected chi connectivity index (χ0v) is 8.80. The van der Waals surface area contributed by atoms with E-state index in [2.05, 4.69) is 5.32 Å². The minimum Gasteiger partial charge on any atom is -0.478 e. The van der Waals surface area contributed by atoms with E-state index in [-0.39, 0.29) is 11.6 Å². The van der Waals surface area contributed by atoms with Gasteiger partial charge in [-0.1, -0.05) is 11.6 Å². The highest BCUT2D eigenvalue weighted by molar-refractivity contribution is 6.30. The first kappa shape index (κ1) is 11.0. The van der Waals surface area contributed by atoms with Gasteiger partial charge >= 0.3 is 5.97 Å². The highest BCUT2D eigenvalue weighted by Gasteiger charge is 2.14. The van der Waals surface area contributed by atoms with Crippen LogP contribution in [-0.2, 0) is 0 Å². The molecule has 2 N–H and O–H groups in total. The van der Waals surface area contributed by atoms with Gasteiger partial charge in [-0.25, -0.2) is 4.79 Å². The van der Waals surface area contributed by atoms with Crippen LogP contribution in [0, 0.1) is 0 Å². The number of benzene rings is 1. The molecule has 0 fully saturated rings. The molecule has 0 spiro atoms. The molecule has 4 heteroatoms. The standard InChI is InChI=1S/C10H12ClNO2/c1-6(12-2)9-5-7(11)3-4-8(9)10(13)14/h3-6,12H,1-2H3,(H,13,14)/t6-/m1/s1. The summed E-state index contributed by atoms with van der Waals surface area (Å²) in [6.45, 7) is 1.89. The van der Waals surface area contributed by atoms with Crippen LogP contribution >= 0.6 is 11.6 Å². The Labute approximate surface area is 87.7 Å². The Kier molecular flexibility index (Phi) is 3.49. The molecule has 0 aliphatic rings. The SMILES string of the molecule is CN[C@H](C)c1cc(Cl)ccc1C(=O)O. The number of nitrogens with one attached hydrogen (secondary N) is 1. The molecule has 0 radical (unpaired) electrons. The van der Waals surface area contributed by atoms with E-state index in [1.807, 2.05) is 6.92 Å². The number of carboxylic acids is 1. The lowest BCUT2D eigenvalue weighted by Crippen LogP contribution is -2.16. The quantitative estimate of drug-likeness (QED) is 0.810. The maximum atomic E-state index is 10.9. The molecule has 1 atom stereocenters. The van der Waals surface area contributed by atoms with Crippen LogP contribution in [0.25, 0.3) is 0 Å². The molecule has 76 valence electrons. The van der Waals surface area contributed by atoms with E-state index in [4.69, 9.17) is 16.7 Å². The summed E-state index contributed by atoms with van der Waals surface area (Å²) >= 11 is 5.80. The summed E-state index contributed by atoms with van der Waals surface area (Å²) < 4.78 is 0. The van der Waals surface area contributed by atoms with Crippen molar-refractivity contribution in [3.63, 3.8) is 0 Å². The summed E-state index contributed by atoms with van der Waals surface area (Å²) in [6, 6.07) is 4.75. The van der Waals surface area contributed by atoms with Crippen LogP contribution in [0.3, 0.4) is 0 Å². The van der Waals surface area contributed by atoms with Gasteiger partial charge in [0, 0.05) is 11.1 Å². The van der Waals surface area contributed by atoms with Crippen LogP contribution in [0.1, 0.15) is 28.9 Å². The van der Waals surface area contributed by atoms with Crippen LogP contribution in [0.5, 0.6) is 0 Å². The smallest absolute Gasteiger partial charge is 0.336 e. The van der Waals surface area contributed by atoms with Gasteiger partial charge in [0.1, 0.15) is 0 Å². The van der Waals surface area contributed by atoms with Crippen molar-refractivity contribution in [1.82, 2.24) is 5.32 Å². The van der Waals surface area contributed by atoms with Gasteiger partial charge in [0.2, 0.25) is 0 Å². The fourth-order valence-corrected chi connectivity index (χ4v) is 1.42. The molecule has 14 heavy (non-hydrogen) atoms. The van der Waals surface area contributed by atoms with Gasteiger partial charge in [-0.05, 0) is 37.7 Å². The molecule has 1 aromatic carbocycles. The molecule has 1 rings (SSSR count). The van der Waals surface area contributed by atoms with Crippen LogP contribution in [0.2, 0.25) is 5.02 Å². The predicted octanol–water partition coefficient (Wildman–Crippen LogP) is 2.32. The van der Waals surface area contributed by atoms with Gasteiger partial charge in [0.25, 0.3) is 0 Å². The molecule has 0 bridgehead atoms. The number of carbonyl (C=O) groups is 1. The molecule has 0 aromatic heterocycles. The Morgan fingerprint density at radius 2 is 2.21 bits per heavy atom. The zero-order chi connectivity index (χ0) is 10.7. The average Bonchev–Trinajstić information content (AvgIpc) is 2.16. The van der Waals surface area contributed by atoms with Crippen molar-refractivity contribution in [3.8, 4) is 0 Å². The first-order valence-corrected chi connectivity index (χ1v) is 4.64. The number of hydrogen-bond donors (Lipinski definition) is 2. The van der Waals surface area contributed by atoms with E-state index in [9.17, 15) is 4.79 Å². The van der Waals surface area contributed by atoms with Gasteiger partial charge in [-0.2, -0.15) is 0 Å². The summed E-state index contributed by atoms with van der Waals surface area (Å²) in [7, 11) is 1.78. The van der Waals surface area contributed by atoms with E-state index in [1.54, 1.807) is 19.2 Å². The van der Waals surface area contributed by atoms with Gasteiger partial charge in [0.15, 0.2) is 0 Å². The first-order chi connectivity index (χ1) is 6.56. The van der Waals surface area contributed by atoms with E-state index < -0.39 is 5.97 Å². The fraction of sp³-hybridized carbons (Fsp3) is 0.300. The maximum Gasteiger partial charge on any atom is 0.336 e. The Hall–Kier alpha value is -1.06. The second-order valence-corrected chi connectivity index (χ2v) is 3.48. The zero-order valence-electron chi connectivity index (χ0n) is 8.04. The summed E-state index contributed by atoms with van der Waals surface area (Å²) in [6.07, 6.45) is 0. The Bertz CT molecular complexity index is 352. The van der Waals surface area contributed by atoms with Crippen molar-refractivity contribution in [1.29, 1.82) is 0 Å². The van der Waals surface area contributed by atoms with Crippen LogP contribution in [0.4, 0.5) is 0 Å². The van der Waals surface area contributed by atoms with E-state index >= 15 is 0 Å². The molecule has 0 heterocycles.